The number of pyridine rings is 2. The first kappa shape index (κ1) is 69.5. The van der Waals surface area contributed by atoms with Gasteiger partial charge in [-0.05, 0) is 261 Å². The third kappa shape index (κ3) is 10.4. The first-order valence-corrected chi connectivity index (χ1v) is 43.6. The number of fused-ring (bicyclic) bond motifs is 35. The molecule has 125 heavy (non-hydrogen) atoms. The average Bonchev–Trinajstić information content (AvgIpc) is 1.69. The molecule has 0 bridgehead atoms. The minimum absolute atomic E-state index is 0.976. The Bertz CT molecular complexity index is 9130. The number of hydrogen-bond donors (Lipinski definition) is 0. The van der Waals surface area contributed by atoms with E-state index in [0.29, 0.717) is 0 Å². The number of anilines is 9. The molecular weight excluding hydrogens is 1540 g/mol. The molecule has 28 rings (SSSR count). The van der Waals surface area contributed by atoms with E-state index in [-0.39, 0.29) is 0 Å². The molecule has 0 fully saturated rings. The van der Waals surface area contributed by atoms with Crippen LogP contribution in [0.15, 0.2) is 434 Å². The van der Waals surface area contributed by atoms with Crippen molar-refractivity contribution in [3.05, 3.63) is 425 Å². The summed E-state index contributed by atoms with van der Waals surface area (Å²) in [5, 5.41) is 24.7. The summed E-state index contributed by atoms with van der Waals surface area (Å²) in [6.45, 7) is 0. The normalized spacial score (nSPS) is 12.7. The van der Waals surface area contributed by atoms with Gasteiger partial charge in [0, 0.05) is 64.9 Å². The molecule has 26 aromatic rings. The van der Waals surface area contributed by atoms with Crippen molar-refractivity contribution in [1.29, 1.82) is 0 Å². The highest BCUT2D eigenvalue weighted by molar-refractivity contribution is 7.99. The van der Waals surface area contributed by atoms with Crippen LogP contribution in [0.25, 0.3) is 191 Å². The Balaban J connectivity index is 0.000000131. The molecule has 0 atom stereocenters. The van der Waals surface area contributed by atoms with Crippen LogP contribution < -0.4 is 14.7 Å². The second-order valence-corrected chi connectivity index (χ2v) is 34.1. The Morgan fingerprint density at radius 3 is 1.02 bits per heavy atom. The van der Waals surface area contributed by atoms with E-state index in [9.17, 15) is 0 Å². The van der Waals surface area contributed by atoms with Crippen LogP contribution in [0.5, 0.6) is 0 Å². The quantitative estimate of drug-likeness (QED) is 0.155. The van der Waals surface area contributed by atoms with E-state index in [4.69, 9.17) is 9.97 Å². The number of para-hydroxylation sites is 10. The number of benzene rings is 21. The van der Waals surface area contributed by atoms with Crippen molar-refractivity contribution in [2.24, 2.45) is 0 Å². The Morgan fingerprint density at radius 2 is 0.496 bits per heavy atom. The van der Waals surface area contributed by atoms with Crippen LogP contribution in [0.1, 0.15) is 0 Å². The van der Waals surface area contributed by atoms with Crippen molar-refractivity contribution < 1.29 is 0 Å². The van der Waals surface area contributed by atoms with Gasteiger partial charge in [-0.3, -0.25) is 8.80 Å². The number of aromatic nitrogens is 5. The smallest absolute Gasteiger partial charge is 0.146 e. The second-order valence-electron chi connectivity index (χ2n) is 33.1. The van der Waals surface area contributed by atoms with Gasteiger partial charge in [0.25, 0.3) is 0 Å². The maximum atomic E-state index is 5.23. The largest absolute Gasteiger partial charge is 0.309 e. The standard InChI is InChI=1S/C61H36N4S.C55H34N4/c1-2-14-39(15-3-1)63-53-23-11-8-20-45(53)47-29-26-37(32-57(47)63)38-27-31-56-59(33-38)66-60-36-51-44-19-7-5-17-42(44)41-16-4-6-18-43(41)50(51)35-58(60)64(56)40-28-30-48-49(34-40)46-21-9-12-24-54(46)65-55-25-13-10-22-52(55)62-61(48)65;1-3-15-37(16-4-1)57-51-30-28-36(35-27-29-44-45(31-35)43-23-11-13-25-49(43)59-50-26-14-12-24-48(50)56-55(44)59)32-52(51)58(38-17-5-2-6-18-38)54-34-47-42-22-10-8-20-40(42)39-19-7-9-21-41(39)46(47)33-53(54)57/h1-36H;1-34H. The van der Waals surface area contributed by atoms with Crippen molar-refractivity contribution >= 4 is 226 Å². The predicted octanol–water partition coefficient (Wildman–Crippen LogP) is 32.1. The van der Waals surface area contributed by atoms with E-state index in [1.54, 1.807) is 0 Å². The molecule has 0 saturated heterocycles. The zero-order valence-electron chi connectivity index (χ0n) is 67.4. The lowest BCUT2D eigenvalue weighted by Gasteiger charge is -2.41. The van der Waals surface area contributed by atoms with Crippen molar-refractivity contribution in [3.63, 3.8) is 0 Å². The van der Waals surface area contributed by atoms with Gasteiger partial charge in [0.1, 0.15) is 11.3 Å². The third-order valence-corrected chi connectivity index (χ3v) is 27.5. The highest BCUT2D eigenvalue weighted by Crippen LogP contribution is 2.59. The number of nitrogens with zero attached hydrogens (tertiary/aromatic N) is 8. The first-order valence-electron chi connectivity index (χ1n) is 42.8. The van der Waals surface area contributed by atoms with Gasteiger partial charge in [-0.15, -0.1) is 0 Å². The van der Waals surface area contributed by atoms with Crippen molar-refractivity contribution in [1.82, 2.24) is 23.3 Å². The molecule has 2 aliphatic rings. The fraction of sp³-hybridized carbons (Fsp3) is 0. The summed E-state index contributed by atoms with van der Waals surface area (Å²) in [6, 6.07) is 156. The van der Waals surface area contributed by atoms with Crippen molar-refractivity contribution in [3.8, 4) is 27.9 Å². The van der Waals surface area contributed by atoms with Gasteiger partial charge in [-0.1, -0.05) is 273 Å². The fourth-order valence-electron chi connectivity index (χ4n) is 20.9. The number of imidazole rings is 2. The maximum Gasteiger partial charge on any atom is 0.146 e. The topological polar surface area (TPSA) is 49.3 Å². The Morgan fingerprint density at radius 1 is 0.168 bits per heavy atom. The van der Waals surface area contributed by atoms with E-state index >= 15 is 0 Å². The molecule has 0 saturated carbocycles. The lowest BCUT2D eigenvalue weighted by atomic mass is 9.91. The fourth-order valence-corrected chi connectivity index (χ4v) is 22.0. The highest BCUT2D eigenvalue weighted by atomic mass is 32.2. The Hall–Kier alpha value is -16.3. The second kappa shape index (κ2) is 27.1. The minimum atomic E-state index is 0.976. The van der Waals surface area contributed by atoms with E-state index < -0.39 is 0 Å². The first-order chi connectivity index (χ1) is 62.0. The molecule has 0 spiro atoms. The molecule has 5 aromatic heterocycles. The molecular formula is C116H70N8S. The SMILES string of the molecule is c1ccc(-n2c3ccccc3c3ccc(-c4ccc5c(c4)Sc4cc6c7ccccc7c7ccccc7c6cc4N5c4ccc5c(c4)c4ccccc4n4c6ccccc6nc54)cc32)cc1.c1ccc(N2c3ccc(-c4ccc5c(c4)c4ccccc4n4c6ccccc6nc54)cc3N(c3ccccc3)c3cc4c5ccccc5c5ccccc5c4cc32)cc1. The summed E-state index contributed by atoms with van der Waals surface area (Å²) in [5.74, 6) is 0. The van der Waals surface area contributed by atoms with Gasteiger partial charge in [-0.2, -0.15) is 0 Å². The molecule has 21 aromatic carbocycles. The molecule has 0 unspecified atom stereocenters. The van der Waals surface area contributed by atoms with Crippen LogP contribution in [-0.2, 0) is 0 Å². The molecule has 7 heterocycles. The van der Waals surface area contributed by atoms with Crippen molar-refractivity contribution in [2.45, 2.75) is 9.79 Å². The molecule has 8 nitrogen and oxygen atoms in total. The summed E-state index contributed by atoms with van der Waals surface area (Å²) in [4.78, 5) is 20.3. The lowest BCUT2D eigenvalue weighted by Crippen LogP contribution is -2.24. The van der Waals surface area contributed by atoms with E-state index in [0.717, 1.165) is 117 Å². The Labute approximate surface area is 721 Å². The Kier molecular flexibility index (Phi) is 15.1. The van der Waals surface area contributed by atoms with Gasteiger partial charge < -0.3 is 19.3 Å². The average molecular weight is 1610 g/mol. The lowest BCUT2D eigenvalue weighted by molar-refractivity contribution is 1.17. The van der Waals surface area contributed by atoms with Crippen molar-refractivity contribution in [2.75, 3.05) is 14.7 Å². The van der Waals surface area contributed by atoms with E-state index in [2.05, 4.69) is 453 Å². The van der Waals surface area contributed by atoms with Crippen LogP contribution in [-0.4, -0.2) is 23.3 Å². The molecule has 0 amide bonds. The molecule has 580 valence electrons. The molecule has 0 radical (unpaired) electrons. The molecule has 0 N–H and O–H groups in total. The summed E-state index contributed by atoms with van der Waals surface area (Å²) in [7, 11) is 0. The molecule has 0 aliphatic carbocycles. The summed E-state index contributed by atoms with van der Waals surface area (Å²) in [5.41, 5.74) is 27.0. The summed E-state index contributed by atoms with van der Waals surface area (Å²) < 4.78 is 7.05. The van der Waals surface area contributed by atoms with Crippen LogP contribution in [0, 0.1) is 0 Å². The minimum Gasteiger partial charge on any atom is -0.309 e. The van der Waals surface area contributed by atoms with Gasteiger partial charge in [0.15, 0.2) is 0 Å². The van der Waals surface area contributed by atoms with Crippen LogP contribution in [0.3, 0.4) is 0 Å². The van der Waals surface area contributed by atoms with E-state index in [1.807, 2.05) is 11.8 Å². The monoisotopic (exact) mass is 1610 g/mol. The molecule has 9 heteroatoms. The predicted molar refractivity (Wildman–Crippen MR) is 527 cm³/mol. The number of rotatable bonds is 6. The maximum absolute atomic E-state index is 5.23. The zero-order valence-corrected chi connectivity index (χ0v) is 68.2. The van der Waals surface area contributed by atoms with Crippen LogP contribution in [0.2, 0.25) is 0 Å². The summed E-state index contributed by atoms with van der Waals surface area (Å²) >= 11 is 1.88. The van der Waals surface area contributed by atoms with Gasteiger partial charge in [0.2, 0.25) is 0 Å². The van der Waals surface area contributed by atoms with Gasteiger partial charge in [-0.25, -0.2) is 9.97 Å². The summed E-state index contributed by atoms with van der Waals surface area (Å²) in [6.07, 6.45) is 0. The van der Waals surface area contributed by atoms with Gasteiger partial charge in [0.05, 0.1) is 78.3 Å². The highest BCUT2D eigenvalue weighted by Gasteiger charge is 2.34. The molecule has 2 aliphatic heterocycles. The van der Waals surface area contributed by atoms with Crippen LogP contribution in [0.4, 0.5) is 51.2 Å². The number of hydrogen-bond acceptors (Lipinski definition) is 6. The van der Waals surface area contributed by atoms with E-state index in [1.165, 1.54) is 135 Å². The zero-order chi connectivity index (χ0) is 81.6. The third-order valence-electron chi connectivity index (χ3n) is 26.4. The van der Waals surface area contributed by atoms with Crippen LogP contribution >= 0.6 is 11.8 Å². The van der Waals surface area contributed by atoms with Gasteiger partial charge >= 0.3 is 0 Å².